The highest BCUT2D eigenvalue weighted by Gasteiger charge is 2.23. The molecule has 0 spiro atoms. The highest BCUT2D eigenvalue weighted by Crippen LogP contribution is 2.31. The quantitative estimate of drug-likeness (QED) is 0.350. The van der Waals surface area contributed by atoms with Gasteiger partial charge in [-0.2, -0.15) is 10.1 Å². The van der Waals surface area contributed by atoms with Crippen LogP contribution in [0.15, 0.2) is 30.5 Å². The van der Waals surface area contributed by atoms with Gasteiger partial charge in [0.1, 0.15) is 5.69 Å². The molecule has 0 bridgehead atoms. The minimum Gasteiger partial charge on any atom is -0.393 e. The number of nitrogens with zero attached hydrogens (tertiary/aromatic N) is 7. The molecule has 0 aliphatic heterocycles. The van der Waals surface area contributed by atoms with Crippen molar-refractivity contribution in [2.24, 2.45) is 5.92 Å². The summed E-state index contributed by atoms with van der Waals surface area (Å²) in [6, 6.07) is 8.00. The van der Waals surface area contributed by atoms with Gasteiger partial charge in [0, 0.05) is 30.4 Å². The lowest BCUT2D eigenvalue weighted by Gasteiger charge is -2.25. The zero-order valence-corrected chi connectivity index (χ0v) is 18.8. The van der Waals surface area contributed by atoms with Gasteiger partial charge in [-0.3, -0.25) is 0 Å². The lowest BCUT2D eigenvalue weighted by molar-refractivity contribution is 0.103. The Morgan fingerprint density at radius 2 is 1.91 bits per heavy atom. The number of rotatable bonds is 8. The number of aromatic amines is 1. The standard InChI is InChI=1S/C23H29N9O/c1-2-3-12-24-23-25-13-19-20(16-6-8-17(9-7-16)21-27-30-31-28-21)29-32(22(19)26-23)14-15-4-10-18(33)11-5-15/h6-9,13,15,18,33H,2-5,10-12,14H2,1H3,(H,24,25,26)(H,27,28,30,31). The maximum absolute atomic E-state index is 9.88. The van der Waals surface area contributed by atoms with Crippen LogP contribution < -0.4 is 5.32 Å². The summed E-state index contributed by atoms with van der Waals surface area (Å²) in [5.74, 6) is 1.75. The number of hydrogen-bond acceptors (Lipinski definition) is 8. The summed E-state index contributed by atoms with van der Waals surface area (Å²) < 4.78 is 2.02. The number of benzene rings is 1. The van der Waals surface area contributed by atoms with Gasteiger partial charge >= 0.3 is 0 Å². The van der Waals surface area contributed by atoms with E-state index in [-0.39, 0.29) is 6.10 Å². The molecular formula is C23H29N9O. The molecule has 5 rings (SSSR count). The van der Waals surface area contributed by atoms with E-state index >= 15 is 0 Å². The second-order valence-corrected chi connectivity index (χ2v) is 8.74. The molecule has 3 heterocycles. The van der Waals surface area contributed by atoms with Crippen LogP contribution in [0.2, 0.25) is 0 Å². The van der Waals surface area contributed by atoms with E-state index in [9.17, 15) is 5.11 Å². The SMILES string of the molecule is CCCCNc1ncc2c(-c3ccc(-c4nnn[nH]4)cc3)nn(CC3CCC(O)CC3)c2n1. The summed E-state index contributed by atoms with van der Waals surface area (Å²) >= 11 is 0. The molecule has 0 amide bonds. The topological polar surface area (TPSA) is 130 Å². The van der Waals surface area contributed by atoms with Gasteiger partial charge in [-0.05, 0) is 48.4 Å². The summed E-state index contributed by atoms with van der Waals surface area (Å²) in [6.07, 6.45) is 7.61. The van der Waals surface area contributed by atoms with Crippen LogP contribution in [0, 0.1) is 5.92 Å². The smallest absolute Gasteiger partial charge is 0.224 e. The number of hydrogen-bond donors (Lipinski definition) is 3. The largest absolute Gasteiger partial charge is 0.393 e. The van der Waals surface area contributed by atoms with Crippen LogP contribution in [0.5, 0.6) is 0 Å². The van der Waals surface area contributed by atoms with E-state index in [1.54, 1.807) is 0 Å². The van der Waals surface area contributed by atoms with Crippen LogP contribution in [0.4, 0.5) is 5.95 Å². The van der Waals surface area contributed by atoms with Crippen molar-refractivity contribution in [3.63, 3.8) is 0 Å². The highest BCUT2D eigenvalue weighted by atomic mass is 16.3. The van der Waals surface area contributed by atoms with Crippen LogP contribution in [-0.4, -0.2) is 58.1 Å². The first-order chi connectivity index (χ1) is 16.2. The van der Waals surface area contributed by atoms with Crippen molar-refractivity contribution in [2.75, 3.05) is 11.9 Å². The van der Waals surface area contributed by atoms with Gasteiger partial charge in [0.05, 0.1) is 11.5 Å². The van der Waals surface area contributed by atoms with Crippen molar-refractivity contribution in [1.29, 1.82) is 0 Å². The second kappa shape index (κ2) is 9.62. The molecule has 10 heteroatoms. The van der Waals surface area contributed by atoms with Crippen LogP contribution in [0.1, 0.15) is 45.4 Å². The third kappa shape index (κ3) is 4.70. The van der Waals surface area contributed by atoms with Gasteiger partial charge in [-0.15, -0.1) is 5.10 Å². The van der Waals surface area contributed by atoms with Crippen molar-refractivity contribution in [3.8, 4) is 22.6 Å². The van der Waals surface area contributed by atoms with Gasteiger partial charge in [0.25, 0.3) is 0 Å². The molecule has 4 aromatic rings. The van der Waals surface area contributed by atoms with Crippen molar-refractivity contribution in [3.05, 3.63) is 30.5 Å². The average Bonchev–Trinajstić information content (AvgIpc) is 3.50. The Morgan fingerprint density at radius 1 is 1.12 bits per heavy atom. The molecule has 1 fully saturated rings. The Balaban J connectivity index is 1.48. The fourth-order valence-corrected chi connectivity index (χ4v) is 4.40. The molecule has 33 heavy (non-hydrogen) atoms. The summed E-state index contributed by atoms with van der Waals surface area (Å²) in [5, 5.41) is 33.2. The zero-order chi connectivity index (χ0) is 22.6. The first kappa shape index (κ1) is 21.4. The fraction of sp³-hybridized carbons (Fsp3) is 0.478. The molecule has 3 aromatic heterocycles. The Hall–Kier alpha value is -3.40. The predicted octanol–water partition coefficient (Wildman–Crippen LogP) is 3.44. The van der Waals surface area contributed by atoms with Crippen LogP contribution >= 0.6 is 0 Å². The van der Waals surface area contributed by atoms with Crippen molar-refractivity contribution < 1.29 is 5.11 Å². The molecule has 3 N–H and O–H groups in total. The minimum atomic E-state index is -0.166. The van der Waals surface area contributed by atoms with Crippen molar-refractivity contribution >= 4 is 17.0 Å². The maximum atomic E-state index is 9.88. The van der Waals surface area contributed by atoms with E-state index in [1.807, 2.05) is 35.1 Å². The Labute approximate surface area is 191 Å². The van der Waals surface area contributed by atoms with Gasteiger partial charge < -0.3 is 10.4 Å². The normalized spacial score (nSPS) is 18.6. The summed E-state index contributed by atoms with van der Waals surface area (Å²) in [7, 11) is 0. The number of nitrogens with one attached hydrogen (secondary N) is 2. The molecule has 172 valence electrons. The Bertz CT molecular complexity index is 1180. The molecule has 1 aromatic carbocycles. The van der Waals surface area contributed by atoms with Crippen LogP contribution in [0.3, 0.4) is 0 Å². The van der Waals surface area contributed by atoms with E-state index in [0.29, 0.717) is 17.7 Å². The van der Waals surface area contributed by atoms with Gasteiger partial charge in [0.2, 0.25) is 5.95 Å². The third-order valence-corrected chi connectivity index (χ3v) is 6.33. The molecule has 0 radical (unpaired) electrons. The van der Waals surface area contributed by atoms with Gasteiger partial charge in [-0.25, -0.2) is 14.8 Å². The van der Waals surface area contributed by atoms with Crippen molar-refractivity contribution in [2.45, 2.75) is 58.1 Å². The first-order valence-corrected chi connectivity index (χ1v) is 11.7. The summed E-state index contributed by atoms with van der Waals surface area (Å²) in [5.41, 5.74) is 3.60. The van der Waals surface area contributed by atoms with Gasteiger partial charge in [-0.1, -0.05) is 37.6 Å². The number of tetrazole rings is 1. The van der Waals surface area contributed by atoms with E-state index < -0.39 is 0 Å². The molecular weight excluding hydrogens is 418 g/mol. The molecule has 10 nitrogen and oxygen atoms in total. The molecule has 0 atom stereocenters. The number of anilines is 1. The molecule has 0 unspecified atom stereocenters. The lowest BCUT2D eigenvalue weighted by atomic mass is 9.87. The van der Waals surface area contributed by atoms with E-state index in [1.165, 1.54) is 0 Å². The number of unbranched alkanes of at least 4 members (excludes halogenated alkanes) is 1. The number of aliphatic hydroxyl groups excluding tert-OH is 1. The summed E-state index contributed by atoms with van der Waals surface area (Å²) in [6.45, 7) is 3.80. The van der Waals surface area contributed by atoms with Crippen LogP contribution in [-0.2, 0) is 6.54 Å². The van der Waals surface area contributed by atoms with E-state index in [2.05, 4.69) is 37.8 Å². The third-order valence-electron chi connectivity index (χ3n) is 6.33. The minimum absolute atomic E-state index is 0.166. The van der Waals surface area contributed by atoms with Crippen LogP contribution in [0.25, 0.3) is 33.7 Å². The predicted molar refractivity (Wildman–Crippen MR) is 125 cm³/mol. The molecule has 0 saturated heterocycles. The molecule has 1 aliphatic carbocycles. The lowest BCUT2D eigenvalue weighted by Crippen LogP contribution is -2.22. The van der Waals surface area contributed by atoms with E-state index in [4.69, 9.17) is 10.1 Å². The maximum Gasteiger partial charge on any atom is 0.224 e. The summed E-state index contributed by atoms with van der Waals surface area (Å²) in [4.78, 5) is 9.38. The second-order valence-electron chi connectivity index (χ2n) is 8.74. The number of H-pyrrole nitrogens is 1. The number of aromatic nitrogens is 8. The fourth-order valence-electron chi connectivity index (χ4n) is 4.40. The average molecular weight is 448 g/mol. The van der Waals surface area contributed by atoms with E-state index in [0.717, 1.165) is 79.5 Å². The number of fused-ring (bicyclic) bond motifs is 1. The first-order valence-electron chi connectivity index (χ1n) is 11.7. The van der Waals surface area contributed by atoms with Crippen molar-refractivity contribution in [1.82, 2.24) is 40.4 Å². The number of aliphatic hydroxyl groups is 1. The Morgan fingerprint density at radius 3 is 2.64 bits per heavy atom. The monoisotopic (exact) mass is 447 g/mol. The van der Waals surface area contributed by atoms with Gasteiger partial charge in [0.15, 0.2) is 11.5 Å². The highest BCUT2D eigenvalue weighted by molar-refractivity contribution is 5.91. The molecule has 1 aliphatic rings. The Kier molecular flexibility index (Phi) is 6.25. The molecule has 1 saturated carbocycles. The zero-order valence-electron chi connectivity index (χ0n) is 18.8.